The van der Waals surface area contributed by atoms with E-state index in [4.69, 9.17) is 0 Å². The standard InChI is InChI=1S/C8H8N2O2S2/c1-9-14(11,12)6-4-8-7(10-5-6)2-3-13-8/h2-5,9H,1H3. The lowest BCUT2D eigenvalue weighted by Gasteiger charge is -2.00. The molecule has 1 N–H and O–H groups in total. The topological polar surface area (TPSA) is 59.1 Å². The van der Waals surface area contributed by atoms with Gasteiger partial charge in [-0.1, -0.05) is 0 Å². The van der Waals surface area contributed by atoms with Crippen molar-refractivity contribution in [3.05, 3.63) is 23.7 Å². The molecular formula is C8H8N2O2S2. The summed E-state index contributed by atoms with van der Waals surface area (Å²) in [5.41, 5.74) is 0.824. The molecule has 0 aliphatic heterocycles. The number of fused-ring (bicyclic) bond motifs is 1. The normalized spacial score (nSPS) is 12.1. The second-order valence-electron chi connectivity index (χ2n) is 2.68. The third kappa shape index (κ3) is 1.52. The van der Waals surface area contributed by atoms with Crippen LogP contribution in [0.5, 0.6) is 0 Å². The zero-order chi connectivity index (χ0) is 10.2. The van der Waals surface area contributed by atoms with Crippen molar-refractivity contribution in [1.29, 1.82) is 0 Å². The van der Waals surface area contributed by atoms with Crippen molar-refractivity contribution >= 4 is 31.6 Å². The van der Waals surface area contributed by atoms with E-state index in [1.54, 1.807) is 6.07 Å². The largest absolute Gasteiger partial charge is 0.254 e. The molecule has 2 heterocycles. The van der Waals surface area contributed by atoms with Crippen LogP contribution in [0.2, 0.25) is 0 Å². The Balaban J connectivity index is 2.65. The van der Waals surface area contributed by atoms with Crippen molar-refractivity contribution in [1.82, 2.24) is 9.71 Å². The minimum absolute atomic E-state index is 0.204. The van der Waals surface area contributed by atoms with E-state index in [-0.39, 0.29) is 4.90 Å². The second-order valence-corrected chi connectivity index (χ2v) is 5.52. The highest BCUT2D eigenvalue weighted by Gasteiger charge is 2.12. The molecule has 0 aliphatic carbocycles. The van der Waals surface area contributed by atoms with Crippen LogP contribution in [0.1, 0.15) is 0 Å². The smallest absolute Gasteiger partial charge is 0.241 e. The number of hydrogen-bond acceptors (Lipinski definition) is 4. The van der Waals surface area contributed by atoms with E-state index in [1.807, 2.05) is 11.4 Å². The maximum absolute atomic E-state index is 11.4. The minimum Gasteiger partial charge on any atom is -0.254 e. The number of nitrogens with zero attached hydrogens (tertiary/aromatic N) is 1. The highest BCUT2D eigenvalue weighted by atomic mass is 32.2. The summed E-state index contributed by atoms with van der Waals surface area (Å²) in [4.78, 5) is 4.25. The van der Waals surface area contributed by atoms with Gasteiger partial charge in [0.05, 0.1) is 10.2 Å². The molecule has 2 aromatic rings. The number of sulfonamides is 1. The Morgan fingerprint density at radius 3 is 3.00 bits per heavy atom. The summed E-state index contributed by atoms with van der Waals surface area (Å²) in [6, 6.07) is 3.48. The number of aromatic nitrogens is 1. The Hall–Kier alpha value is -0.980. The Kier molecular flexibility index (Phi) is 2.26. The third-order valence-electron chi connectivity index (χ3n) is 1.86. The fourth-order valence-corrected chi connectivity index (χ4v) is 2.65. The van der Waals surface area contributed by atoms with Crippen LogP contribution in [0.25, 0.3) is 10.2 Å². The molecule has 0 saturated heterocycles. The number of pyridine rings is 1. The molecule has 0 radical (unpaired) electrons. The first-order chi connectivity index (χ1) is 6.63. The molecule has 0 fully saturated rings. The molecule has 4 nitrogen and oxygen atoms in total. The maximum atomic E-state index is 11.4. The lowest BCUT2D eigenvalue weighted by Crippen LogP contribution is -2.18. The molecule has 0 atom stereocenters. The Bertz CT molecular complexity index is 559. The van der Waals surface area contributed by atoms with Gasteiger partial charge in [0.1, 0.15) is 4.90 Å². The molecule has 0 amide bonds. The van der Waals surface area contributed by atoms with E-state index in [1.165, 1.54) is 24.6 Å². The number of rotatable bonds is 2. The number of hydrogen-bond donors (Lipinski definition) is 1. The zero-order valence-electron chi connectivity index (χ0n) is 7.39. The molecule has 0 aliphatic rings. The minimum atomic E-state index is -3.37. The summed E-state index contributed by atoms with van der Waals surface area (Å²) in [6.07, 6.45) is 1.36. The molecule has 2 rings (SSSR count). The summed E-state index contributed by atoms with van der Waals surface area (Å²) in [6.45, 7) is 0. The quantitative estimate of drug-likeness (QED) is 0.840. The van der Waals surface area contributed by atoms with Gasteiger partial charge in [-0.2, -0.15) is 0 Å². The van der Waals surface area contributed by atoms with Crippen LogP contribution in [0, 0.1) is 0 Å². The van der Waals surface area contributed by atoms with Gasteiger partial charge in [-0.15, -0.1) is 11.3 Å². The molecule has 0 aromatic carbocycles. The van der Waals surface area contributed by atoms with E-state index < -0.39 is 10.0 Å². The predicted molar refractivity (Wildman–Crippen MR) is 55.9 cm³/mol. The van der Waals surface area contributed by atoms with Crippen LogP contribution in [-0.4, -0.2) is 20.4 Å². The molecule has 0 spiro atoms. The van der Waals surface area contributed by atoms with Gasteiger partial charge in [0.2, 0.25) is 10.0 Å². The van der Waals surface area contributed by atoms with E-state index in [2.05, 4.69) is 9.71 Å². The zero-order valence-corrected chi connectivity index (χ0v) is 9.02. The van der Waals surface area contributed by atoms with Crippen molar-refractivity contribution in [2.24, 2.45) is 0 Å². The second kappa shape index (κ2) is 3.30. The van der Waals surface area contributed by atoms with Crippen molar-refractivity contribution in [3.63, 3.8) is 0 Å². The highest BCUT2D eigenvalue weighted by Crippen LogP contribution is 2.21. The van der Waals surface area contributed by atoms with Crippen LogP contribution in [0.3, 0.4) is 0 Å². The monoisotopic (exact) mass is 228 g/mol. The van der Waals surface area contributed by atoms with Gasteiger partial charge in [-0.25, -0.2) is 13.1 Å². The van der Waals surface area contributed by atoms with E-state index in [9.17, 15) is 8.42 Å². The summed E-state index contributed by atoms with van der Waals surface area (Å²) in [5, 5.41) is 1.88. The summed E-state index contributed by atoms with van der Waals surface area (Å²) in [7, 11) is -1.99. The third-order valence-corrected chi connectivity index (χ3v) is 4.09. The summed E-state index contributed by atoms with van der Waals surface area (Å²) >= 11 is 1.47. The van der Waals surface area contributed by atoms with Crippen molar-refractivity contribution in [3.8, 4) is 0 Å². The van der Waals surface area contributed by atoms with Crippen molar-refractivity contribution < 1.29 is 8.42 Å². The fraction of sp³-hybridized carbons (Fsp3) is 0.125. The van der Waals surface area contributed by atoms with E-state index in [0.29, 0.717) is 0 Å². The Morgan fingerprint density at radius 2 is 2.29 bits per heavy atom. The molecule has 14 heavy (non-hydrogen) atoms. The Morgan fingerprint density at radius 1 is 1.50 bits per heavy atom. The molecule has 0 saturated carbocycles. The highest BCUT2D eigenvalue weighted by molar-refractivity contribution is 7.89. The first-order valence-electron chi connectivity index (χ1n) is 3.90. The van der Waals surface area contributed by atoms with Gasteiger partial charge in [0.15, 0.2) is 0 Å². The Labute approximate surface area is 85.6 Å². The van der Waals surface area contributed by atoms with Crippen molar-refractivity contribution in [2.75, 3.05) is 7.05 Å². The molecule has 0 bridgehead atoms. The van der Waals surface area contributed by atoms with Gasteiger partial charge >= 0.3 is 0 Å². The van der Waals surface area contributed by atoms with Crippen LogP contribution < -0.4 is 4.72 Å². The summed E-state index contributed by atoms with van der Waals surface area (Å²) in [5.74, 6) is 0. The molecular weight excluding hydrogens is 220 g/mol. The van der Waals surface area contributed by atoms with Crippen molar-refractivity contribution in [2.45, 2.75) is 4.90 Å². The van der Waals surface area contributed by atoms with Crippen LogP contribution in [0.15, 0.2) is 28.6 Å². The van der Waals surface area contributed by atoms with Gasteiger partial charge in [0, 0.05) is 6.20 Å². The lowest BCUT2D eigenvalue weighted by molar-refractivity contribution is 0.588. The number of nitrogens with one attached hydrogen (secondary N) is 1. The first-order valence-corrected chi connectivity index (χ1v) is 6.26. The van der Waals surface area contributed by atoms with Crippen LogP contribution in [-0.2, 0) is 10.0 Å². The average molecular weight is 228 g/mol. The van der Waals surface area contributed by atoms with Gasteiger partial charge < -0.3 is 0 Å². The predicted octanol–water partition coefficient (Wildman–Crippen LogP) is 1.20. The molecule has 6 heteroatoms. The van der Waals surface area contributed by atoms with Gasteiger partial charge in [0.25, 0.3) is 0 Å². The molecule has 74 valence electrons. The SMILES string of the molecule is CNS(=O)(=O)c1cnc2ccsc2c1. The summed E-state index contributed by atoms with van der Waals surface area (Å²) < 4.78 is 26.0. The average Bonchev–Trinajstić information content (AvgIpc) is 2.64. The first kappa shape index (κ1) is 9.57. The van der Waals surface area contributed by atoms with E-state index >= 15 is 0 Å². The van der Waals surface area contributed by atoms with Gasteiger partial charge in [-0.3, -0.25) is 4.98 Å². The molecule has 0 unspecified atom stereocenters. The number of thiophene rings is 1. The van der Waals surface area contributed by atoms with Crippen LogP contribution in [0.4, 0.5) is 0 Å². The maximum Gasteiger partial charge on any atom is 0.241 e. The van der Waals surface area contributed by atoms with E-state index in [0.717, 1.165) is 10.2 Å². The lowest BCUT2D eigenvalue weighted by atomic mass is 10.4. The molecule has 2 aromatic heterocycles. The van der Waals surface area contributed by atoms with Crippen LogP contribution >= 0.6 is 11.3 Å². The fourth-order valence-electron chi connectivity index (χ4n) is 1.09. The van der Waals surface area contributed by atoms with Gasteiger partial charge in [-0.05, 0) is 24.6 Å².